The summed E-state index contributed by atoms with van der Waals surface area (Å²) in [5, 5.41) is 0.361. The van der Waals surface area contributed by atoms with Gasteiger partial charge < -0.3 is 13.9 Å². The number of hydrogen-bond acceptors (Lipinski definition) is 4. The van der Waals surface area contributed by atoms with Gasteiger partial charge in [0.15, 0.2) is 0 Å². The van der Waals surface area contributed by atoms with Crippen molar-refractivity contribution in [3.63, 3.8) is 0 Å². The predicted octanol–water partition coefficient (Wildman–Crippen LogP) is 4.18. The minimum Gasteiger partial charge on any atom is -0.465 e. The van der Waals surface area contributed by atoms with Crippen molar-refractivity contribution >= 4 is 17.7 Å². The molecule has 0 unspecified atom stereocenters. The van der Waals surface area contributed by atoms with Gasteiger partial charge in [0.2, 0.25) is 0 Å². The Kier molecular flexibility index (Phi) is 5.56. The van der Waals surface area contributed by atoms with Gasteiger partial charge in [-0.25, -0.2) is 0 Å². The first-order valence-electron chi connectivity index (χ1n) is 6.83. The highest BCUT2D eigenvalue weighted by Crippen LogP contribution is 2.37. The number of halogens is 1. The zero-order valence-electron chi connectivity index (χ0n) is 12.1. The number of furan rings is 1. The fourth-order valence-corrected chi connectivity index (χ4v) is 2.32. The van der Waals surface area contributed by atoms with E-state index in [1.54, 1.807) is 24.6 Å². The fraction of sp³-hybridized carbons (Fsp3) is 0.312. The molecule has 0 N–H and O–H groups in total. The average Bonchev–Trinajstić information content (AvgIpc) is 3.00. The van der Waals surface area contributed by atoms with Crippen molar-refractivity contribution in [1.82, 2.24) is 4.98 Å². The van der Waals surface area contributed by atoms with Crippen LogP contribution in [0.15, 0.2) is 52.2 Å². The molecular formula is C16H18ClNO3. The molecule has 2 rings (SSSR count). The molecule has 0 amide bonds. The Morgan fingerprint density at radius 3 is 2.52 bits per heavy atom. The Labute approximate surface area is 129 Å². The van der Waals surface area contributed by atoms with E-state index in [1.807, 2.05) is 38.1 Å². The lowest BCUT2D eigenvalue weighted by Gasteiger charge is -2.32. The first kappa shape index (κ1) is 15.8. The van der Waals surface area contributed by atoms with Gasteiger partial charge in [-0.2, -0.15) is 0 Å². The molecule has 5 heteroatoms. The molecule has 0 aliphatic heterocycles. The Morgan fingerprint density at radius 1 is 1.24 bits per heavy atom. The van der Waals surface area contributed by atoms with Crippen LogP contribution in [0.2, 0.25) is 0 Å². The SMILES string of the molecule is CCOC(OCC)(/C(Cl)=C/c1ccco1)c1ccccn1. The summed E-state index contributed by atoms with van der Waals surface area (Å²) in [6.45, 7) is 4.62. The Hall–Kier alpha value is -1.62. The molecule has 0 bridgehead atoms. The monoisotopic (exact) mass is 307 g/mol. The molecule has 2 heterocycles. The minimum atomic E-state index is -1.22. The van der Waals surface area contributed by atoms with Crippen molar-refractivity contribution < 1.29 is 13.9 Å². The second-order valence-corrected chi connectivity index (χ2v) is 4.61. The van der Waals surface area contributed by atoms with Crippen LogP contribution in [-0.2, 0) is 15.3 Å². The quantitative estimate of drug-likeness (QED) is 0.720. The van der Waals surface area contributed by atoms with Gasteiger partial charge >= 0.3 is 0 Å². The van der Waals surface area contributed by atoms with Gasteiger partial charge in [0.1, 0.15) is 11.5 Å². The van der Waals surface area contributed by atoms with E-state index in [9.17, 15) is 0 Å². The third kappa shape index (κ3) is 3.53. The smallest absolute Gasteiger partial charge is 0.250 e. The lowest BCUT2D eigenvalue weighted by molar-refractivity contribution is -0.212. The van der Waals surface area contributed by atoms with Crippen molar-refractivity contribution in [1.29, 1.82) is 0 Å². The van der Waals surface area contributed by atoms with Crippen LogP contribution < -0.4 is 0 Å². The summed E-state index contributed by atoms with van der Waals surface area (Å²) in [5.41, 5.74) is 0.599. The molecule has 0 aromatic carbocycles. The van der Waals surface area contributed by atoms with Crippen LogP contribution in [0.25, 0.3) is 6.08 Å². The molecule has 0 radical (unpaired) electrons. The van der Waals surface area contributed by atoms with E-state index in [1.165, 1.54) is 0 Å². The maximum atomic E-state index is 6.50. The molecule has 4 nitrogen and oxygen atoms in total. The van der Waals surface area contributed by atoms with E-state index in [2.05, 4.69) is 4.98 Å². The summed E-state index contributed by atoms with van der Waals surface area (Å²) in [6, 6.07) is 9.12. The summed E-state index contributed by atoms with van der Waals surface area (Å²) in [7, 11) is 0. The summed E-state index contributed by atoms with van der Waals surface area (Å²) in [4.78, 5) is 4.33. The lowest BCUT2D eigenvalue weighted by Crippen LogP contribution is -2.35. The first-order valence-corrected chi connectivity index (χ1v) is 7.21. The van der Waals surface area contributed by atoms with E-state index < -0.39 is 5.79 Å². The average molecular weight is 308 g/mol. The third-order valence-corrected chi connectivity index (χ3v) is 3.18. The van der Waals surface area contributed by atoms with Gasteiger partial charge in [0.05, 0.1) is 11.3 Å². The van der Waals surface area contributed by atoms with Crippen molar-refractivity contribution in [3.05, 3.63) is 59.3 Å². The Balaban J connectivity index is 2.48. The van der Waals surface area contributed by atoms with Gasteiger partial charge in [-0.15, -0.1) is 0 Å². The van der Waals surface area contributed by atoms with Crippen LogP contribution >= 0.6 is 11.6 Å². The molecule has 0 aliphatic rings. The normalized spacial score (nSPS) is 12.6. The summed E-state index contributed by atoms with van der Waals surface area (Å²) in [5.74, 6) is -0.598. The van der Waals surface area contributed by atoms with Gasteiger partial charge in [0, 0.05) is 25.5 Å². The molecule has 0 spiro atoms. The number of pyridine rings is 1. The molecule has 0 fully saturated rings. The van der Waals surface area contributed by atoms with Crippen LogP contribution in [0.1, 0.15) is 25.3 Å². The zero-order chi connectivity index (χ0) is 15.1. The Morgan fingerprint density at radius 2 is 2.00 bits per heavy atom. The summed E-state index contributed by atoms with van der Waals surface area (Å²) < 4.78 is 17.0. The summed E-state index contributed by atoms with van der Waals surface area (Å²) in [6.07, 6.45) is 4.94. The fourth-order valence-electron chi connectivity index (χ4n) is 2.01. The van der Waals surface area contributed by atoms with Crippen LogP contribution in [0.4, 0.5) is 0 Å². The second-order valence-electron chi connectivity index (χ2n) is 4.21. The molecule has 2 aromatic heterocycles. The Bertz CT molecular complexity index is 560. The first-order chi connectivity index (χ1) is 10.2. The van der Waals surface area contributed by atoms with Crippen molar-refractivity contribution in [3.8, 4) is 0 Å². The van der Waals surface area contributed by atoms with E-state index >= 15 is 0 Å². The predicted molar refractivity (Wildman–Crippen MR) is 81.7 cm³/mol. The molecule has 0 atom stereocenters. The number of aromatic nitrogens is 1. The molecule has 2 aromatic rings. The lowest BCUT2D eigenvalue weighted by atomic mass is 10.1. The number of rotatable bonds is 7. The molecule has 0 saturated carbocycles. The molecular weight excluding hydrogens is 290 g/mol. The highest BCUT2D eigenvalue weighted by Gasteiger charge is 2.39. The van der Waals surface area contributed by atoms with E-state index in [0.29, 0.717) is 29.7 Å². The van der Waals surface area contributed by atoms with E-state index in [4.69, 9.17) is 25.5 Å². The van der Waals surface area contributed by atoms with Gasteiger partial charge in [-0.1, -0.05) is 17.7 Å². The zero-order valence-corrected chi connectivity index (χ0v) is 12.8. The maximum absolute atomic E-state index is 6.50. The topological polar surface area (TPSA) is 44.5 Å². The second kappa shape index (κ2) is 7.41. The number of hydrogen-bond donors (Lipinski definition) is 0. The third-order valence-electron chi connectivity index (χ3n) is 2.82. The highest BCUT2D eigenvalue weighted by molar-refractivity contribution is 6.32. The van der Waals surface area contributed by atoms with Crippen LogP contribution in [0.5, 0.6) is 0 Å². The van der Waals surface area contributed by atoms with Gasteiger partial charge in [-0.3, -0.25) is 4.98 Å². The van der Waals surface area contributed by atoms with Gasteiger partial charge in [-0.05, 0) is 38.1 Å². The van der Waals surface area contributed by atoms with Crippen LogP contribution in [-0.4, -0.2) is 18.2 Å². The molecule has 21 heavy (non-hydrogen) atoms. The van der Waals surface area contributed by atoms with E-state index in [-0.39, 0.29) is 0 Å². The van der Waals surface area contributed by atoms with Gasteiger partial charge in [0.25, 0.3) is 5.79 Å². The molecule has 0 aliphatic carbocycles. The number of ether oxygens (including phenoxy) is 2. The van der Waals surface area contributed by atoms with Crippen LogP contribution in [0.3, 0.4) is 0 Å². The van der Waals surface area contributed by atoms with Crippen LogP contribution in [0, 0.1) is 0 Å². The van der Waals surface area contributed by atoms with Crippen molar-refractivity contribution in [2.45, 2.75) is 19.6 Å². The van der Waals surface area contributed by atoms with Crippen molar-refractivity contribution in [2.24, 2.45) is 0 Å². The minimum absolute atomic E-state index is 0.361. The number of nitrogens with zero attached hydrogens (tertiary/aromatic N) is 1. The summed E-state index contributed by atoms with van der Waals surface area (Å²) >= 11 is 6.50. The highest BCUT2D eigenvalue weighted by atomic mass is 35.5. The van der Waals surface area contributed by atoms with Crippen molar-refractivity contribution in [2.75, 3.05) is 13.2 Å². The molecule has 112 valence electrons. The largest absolute Gasteiger partial charge is 0.465 e. The maximum Gasteiger partial charge on any atom is 0.250 e. The van der Waals surface area contributed by atoms with E-state index in [0.717, 1.165) is 0 Å². The molecule has 0 saturated heterocycles. The standard InChI is InChI=1S/C16H18ClNO3/c1-3-20-16(21-4-2,15-9-5-6-10-18-15)14(17)12-13-8-7-11-19-13/h5-12H,3-4H2,1-2H3/b14-12-.